The molecule has 2 aliphatic heterocycles. The van der Waals surface area contributed by atoms with Crippen molar-refractivity contribution in [1.82, 2.24) is 14.7 Å². The summed E-state index contributed by atoms with van der Waals surface area (Å²) in [7, 11) is 1.92. The standard InChI is InChI=1S/C19H24N4O/c1-3-13-7-8-14(11-17(13)18-9-10-22(2)21-18)20-19(24)23-15-5-4-6-16(23)12-15/h7-11,15-16H,3-6,12H2,1-2H3,(H,20,24). The maximum atomic E-state index is 12.6. The van der Waals surface area contributed by atoms with Crippen molar-refractivity contribution in [1.29, 1.82) is 0 Å². The lowest BCUT2D eigenvalue weighted by molar-refractivity contribution is 0.0173. The van der Waals surface area contributed by atoms with E-state index in [0.29, 0.717) is 12.1 Å². The van der Waals surface area contributed by atoms with Crippen LogP contribution in [0.15, 0.2) is 30.5 Å². The van der Waals surface area contributed by atoms with Crippen molar-refractivity contribution in [3.05, 3.63) is 36.0 Å². The van der Waals surface area contributed by atoms with E-state index >= 15 is 0 Å². The summed E-state index contributed by atoms with van der Waals surface area (Å²) < 4.78 is 1.81. The van der Waals surface area contributed by atoms with Crippen LogP contribution in [0.1, 0.15) is 38.2 Å². The van der Waals surface area contributed by atoms with E-state index in [1.165, 1.54) is 18.4 Å². The number of anilines is 1. The fourth-order valence-corrected chi connectivity index (χ4v) is 4.08. The van der Waals surface area contributed by atoms with Crippen LogP contribution < -0.4 is 5.32 Å². The third kappa shape index (κ3) is 2.58. The molecule has 24 heavy (non-hydrogen) atoms. The van der Waals surface area contributed by atoms with E-state index in [9.17, 15) is 4.79 Å². The van der Waals surface area contributed by atoms with Gasteiger partial charge in [-0.05, 0) is 55.9 Å². The topological polar surface area (TPSA) is 50.2 Å². The molecule has 0 aliphatic carbocycles. The van der Waals surface area contributed by atoms with Gasteiger partial charge in [0, 0.05) is 36.6 Å². The summed E-state index contributed by atoms with van der Waals surface area (Å²) in [5.74, 6) is 0. The fourth-order valence-electron chi connectivity index (χ4n) is 4.08. The Bertz CT molecular complexity index is 752. The Balaban J connectivity index is 1.56. The number of piperidine rings is 1. The number of nitrogens with one attached hydrogen (secondary N) is 1. The van der Waals surface area contributed by atoms with Crippen LogP contribution in [-0.4, -0.2) is 32.8 Å². The highest BCUT2D eigenvalue weighted by Crippen LogP contribution is 2.38. The molecule has 2 unspecified atom stereocenters. The van der Waals surface area contributed by atoms with E-state index < -0.39 is 0 Å². The van der Waals surface area contributed by atoms with Crippen LogP contribution in [-0.2, 0) is 13.5 Å². The van der Waals surface area contributed by atoms with Gasteiger partial charge in [0.05, 0.1) is 5.69 Å². The number of aromatic nitrogens is 2. The minimum absolute atomic E-state index is 0.0483. The van der Waals surface area contributed by atoms with E-state index in [0.717, 1.165) is 36.2 Å². The summed E-state index contributed by atoms with van der Waals surface area (Å²) in [4.78, 5) is 14.6. The van der Waals surface area contributed by atoms with E-state index in [-0.39, 0.29) is 6.03 Å². The molecule has 2 amide bonds. The molecule has 5 heteroatoms. The number of hydrogen-bond acceptors (Lipinski definition) is 2. The molecule has 2 bridgehead atoms. The average molecular weight is 324 g/mol. The summed E-state index contributed by atoms with van der Waals surface area (Å²) in [5, 5.41) is 7.61. The lowest BCUT2D eigenvalue weighted by Gasteiger charge is -2.52. The quantitative estimate of drug-likeness (QED) is 0.933. The molecule has 2 saturated heterocycles. The second-order valence-electron chi connectivity index (χ2n) is 6.91. The molecule has 2 aliphatic rings. The van der Waals surface area contributed by atoms with Gasteiger partial charge in [-0.1, -0.05) is 13.0 Å². The number of carbonyl (C=O) groups is 1. The SMILES string of the molecule is CCc1ccc(NC(=O)N2C3CCCC2C3)cc1-c1ccn(C)n1. The molecule has 4 rings (SSSR count). The van der Waals surface area contributed by atoms with E-state index in [1.54, 1.807) is 4.68 Å². The van der Waals surface area contributed by atoms with Gasteiger partial charge in [0.1, 0.15) is 0 Å². The van der Waals surface area contributed by atoms with Crippen LogP contribution in [0, 0.1) is 0 Å². The smallest absolute Gasteiger partial charge is 0.318 e. The number of fused-ring (bicyclic) bond motifs is 2. The second kappa shape index (κ2) is 5.96. The zero-order valence-electron chi connectivity index (χ0n) is 14.3. The van der Waals surface area contributed by atoms with Crippen molar-refractivity contribution >= 4 is 11.7 Å². The van der Waals surface area contributed by atoms with E-state index in [2.05, 4.69) is 29.5 Å². The third-order valence-corrected chi connectivity index (χ3v) is 5.37. The minimum Gasteiger partial charge on any atom is -0.318 e. The van der Waals surface area contributed by atoms with Gasteiger partial charge in [0.25, 0.3) is 0 Å². The first-order valence-corrected chi connectivity index (χ1v) is 8.88. The summed E-state index contributed by atoms with van der Waals surface area (Å²) in [6.45, 7) is 2.14. The largest absolute Gasteiger partial charge is 0.322 e. The van der Waals surface area contributed by atoms with Crippen molar-refractivity contribution in [3.63, 3.8) is 0 Å². The van der Waals surface area contributed by atoms with Crippen molar-refractivity contribution in [2.24, 2.45) is 7.05 Å². The van der Waals surface area contributed by atoms with E-state index in [4.69, 9.17) is 0 Å². The first-order chi connectivity index (χ1) is 11.7. The highest BCUT2D eigenvalue weighted by atomic mass is 16.2. The Morgan fingerprint density at radius 1 is 1.29 bits per heavy atom. The second-order valence-corrected chi connectivity index (χ2v) is 6.91. The molecule has 5 nitrogen and oxygen atoms in total. The molecule has 0 radical (unpaired) electrons. The Hall–Kier alpha value is -2.30. The van der Waals surface area contributed by atoms with Gasteiger partial charge < -0.3 is 10.2 Å². The summed E-state index contributed by atoms with van der Waals surface area (Å²) in [6, 6.07) is 9.11. The van der Waals surface area contributed by atoms with Crippen molar-refractivity contribution in [3.8, 4) is 11.3 Å². The van der Waals surface area contributed by atoms with Gasteiger partial charge in [-0.15, -0.1) is 0 Å². The molecule has 2 fully saturated rings. The lowest BCUT2D eigenvalue weighted by Crippen LogP contribution is -2.62. The summed E-state index contributed by atoms with van der Waals surface area (Å²) >= 11 is 0. The lowest BCUT2D eigenvalue weighted by atomic mass is 9.80. The molecule has 126 valence electrons. The molecule has 1 aromatic heterocycles. The van der Waals surface area contributed by atoms with Crippen LogP contribution in [0.25, 0.3) is 11.3 Å². The molecule has 2 aromatic rings. The van der Waals surface area contributed by atoms with Gasteiger partial charge in [-0.3, -0.25) is 4.68 Å². The predicted octanol–water partition coefficient (Wildman–Crippen LogP) is 3.81. The van der Waals surface area contributed by atoms with Gasteiger partial charge in [0.15, 0.2) is 0 Å². The Labute approximate surface area is 142 Å². The highest BCUT2D eigenvalue weighted by molar-refractivity contribution is 5.91. The Morgan fingerprint density at radius 3 is 2.71 bits per heavy atom. The van der Waals surface area contributed by atoms with Gasteiger partial charge in [-0.25, -0.2) is 4.79 Å². The average Bonchev–Trinajstić information content (AvgIpc) is 3.01. The van der Waals surface area contributed by atoms with Crippen molar-refractivity contribution < 1.29 is 4.79 Å². The number of nitrogens with zero attached hydrogens (tertiary/aromatic N) is 3. The zero-order valence-corrected chi connectivity index (χ0v) is 14.3. The first-order valence-electron chi connectivity index (χ1n) is 8.88. The van der Waals surface area contributed by atoms with Gasteiger partial charge in [-0.2, -0.15) is 5.10 Å². The molecule has 0 saturated carbocycles. The van der Waals surface area contributed by atoms with Crippen LogP contribution in [0.5, 0.6) is 0 Å². The zero-order chi connectivity index (χ0) is 16.7. The van der Waals surface area contributed by atoms with Crippen molar-refractivity contribution in [2.45, 2.75) is 51.1 Å². The molecule has 3 heterocycles. The van der Waals surface area contributed by atoms with Gasteiger partial charge >= 0.3 is 6.03 Å². The Morgan fingerprint density at radius 2 is 2.08 bits per heavy atom. The number of hydrogen-bond donors (Lipinski definition) is 1. The summed E-state index contributed by atoms with van der Waals surface area (Å²) in [6.07, 6.45) is 7.63. The van der Waals surface area contributed by atoms with Crippen LogP contribution >= 0.6 is 0 Å². The summed E-state index contributed by atoms with van der Waals surface area (Å²) in [5.41, 5.74) is 4.14. The number of carbonyl (C=O) groups excluding carboxylic acids is 1. The number of urea groups is 1. The fraction of sp³-hybridized carbons (Fsp3) is 0.474. The van der Waals surface area contributed by atoms with Crippen LogP contribution in [0.4, 0.5) is 10.5 Å². The predicted molar refractivity (Wildman–Crippen MR) is 94.9 cm³/mol. The van der Waals surface area contributed by atoms with Gasteiger partial charge in [0.2, 0.25) is 0 Å². The third-order valence-electron chi connectivity index (χ3n) is 5.37. The number of amides is 2. The molecule has 1 aromatic carbocycles. The molecule has 2 atom stereocenters. The Kier molecular flexibility index (Phi) is 3.79. The van der Waals surface area contributed by atoms with E-state index in [1.807, 2.05) is 30.3 Å². The minimum atomic E-state index is 0.0483. The van der Waals surface area contributed by atoms with Crippen LogP contribution in [0.2, 0.25) is 0 Å². The van der Waals surface area contributed by atoms with Crippen molar-refractivity contribution in [2.75, 3.05) is 5.32 Å². The molecule has 1 N–H and O–H groups in total. The molecule has 0 spiro atoms. The maximum Gasteiger partial charge on any atom is 0.322 e. The number of benzene rings is 1. The maximum absolute atomic E-state index is 12.6. The molecular weight excluding hydrogens is 300 g/mol. The first kappa shape index (κ1) is 15.2. The van der Waals surface area contributed by atoms with Crippen LogP contribution in [0.3, 0.4) is 0 Å². The number of rotatable bonds is 3. The normalized spacial score (nSPS) is 22.2. The molecular formula is C19H24N4O. The number of aryl methyl sites for hydroxylation is 2. The highest BCUT2D eigenvalue weighted by Gasteiger charge is 2.44. The monoisotopic (exact) mass is 324 g/mol.